The van der Waals surface area contributed by atoms with E-state index in [1.165, 1.54) is 19.4 Å². The molecular formula is C16H29N3O. The van der Waals surface area contributed by atoms with Crippen molar-refractivity contribution in [2.45, 2.75) is 57.0 Å². The van der Waals surface area contributed by atoms with Crippen molar-refractivity contribution >= 4 is 5.91 Å². The molecule has 0 aromatic carbocycles. The summed E-state index contributed by atoms with van der Waals surface area (Å²) in [6, 6.07) is 0.956. The molecule has 2 heterocycles. The second-order valence-corrected chi connectivity index (χ2v) is 7.15. The van der Waals surface area contributed by atoms with E-state index in [1.54, 1.807) is 0 Å². The van der Waals surface area contributed by atoms with E-state index < -0.39 is 0 Å². The van der Waals surface area contributed by atoms with E-state index in [0.717, 1.165) is 45.2 Å². The van der Waals surface area contributed by atoms with Crippen LogP contribution in [0.3, 0.4) is 0 Å². The Hall–Kier alpha value is -0.610. The van der Waals surface area contributed by atoms with E-state index in [0.29, 0.717) is 17.9 Å². The predicted molar refractivity (Wildman–Crippen MR) is 80.3 cm³/mol. The number of carbonyl (C=O) groups excluding carboxylic acids is 1. The van der Waals surface area contributed by atoms with Crippen molar-refractivity contribution < 1.29 is 4.79 Å². The number of nitrogens with two attached hydrogens (primary N) is 1. The fourth-order valence-electron chi connectivity index (χ4n) is 4.56. The highest BCUT2D eigenvalue weighted by Crippen LogP contribution is 2.32. The Kier molecular flexibility index (Phi) is 4.32. The largest absolute Gasteiger partial charge is 0.342 e. The summed E-state index contributed by atoms with van der Waals surface area (Å²) in [6.07, 6.45) is 7.92. The Bertz CT molecular complexity index is 360. The quantitative estimate of drug-likeness (QED) is 0.790. The molecule has 0 spiro atoms. The summed E-state index contributed by atoms with van der Waals surface area (Å²) in [4.78, 5) is 17.4. The van der Waals surface area contributed by atoms with Crippen molar-refractivity contribution in [3.8, 4) is 0 Å². The van der Waals surface area contributed by atoms with Gasteiger partial charge < -0.3 is 15.5 Å². The second-order valence-electron chi connectivity index (χ2n) is 7.15. The lowest BCUT2D eigenvalue weighted by Gasteiger charge is -2.46. The van der Waals surface area contributed by atoms with E-state index in [2.05, 4.69) is 16.8 Å². The Labute approximate surface area is 122 Å². The van der Waals surface area contributed by atoms with Gasteiger partial charge in [-0.05, 0) is 58.0 Å². The van der Waals surface area contributed by atoms with E-state index >= 15 is 0 Å². The third-order valence-electron chi connectivity index (χ3n) is 5.72. The molecule has 2 N–H and O–H groups in total. The minimum Gasteiger partial charge on any atom is -0.342 e. The molecule has 4 nitrogen and oxygen atoms in total. The molecule has 2 saturated heterocycles. The molecule has 114 valence electrons. The molecule has 1 saturated carbocycles. The number of piperidine rings is 2. The number of fused-ring (bicyclic) bond motifs is 1. The van der Waals surface area contributed by atoms with Crippen LogP contribution in [-0.2, 0) is 4.79 Å². The molecule has 4 heteroatoms. The van der Waals surface area contributed by atoms with Gasteiger partial charge in [0.2, 0.25) is 5.91 Å². The lowest BCUT2D eigenvalue weighted by atomic mass is 9.82. The molecule has 0 radical (unpaired) electrons. The average Bonchev–Trinajstić information content (AvgIpc) is 2.46. The summed E-state index contributed by atoms with van der Waals surface area (Å²) in [5.41, 5.74) is 6.04. The van der Waals surface area contributed by atoms with Crippen LogP contribution in [-0.4, -0.2) is 54.5 Å². The van der Waals surface area contributed by atoms with Crippen LogP contribution < -0.4 is 5.73 Å². The molecule has 1 amide bonds. The number of amides is 1. The van der Waals surface area contributed by atoms with Crippen molar-refractivity contribution in [1.29, 1.82) is 0 Å². The maximum Gasteiger partial charge on any atom is 0.225 e. The standard InChI is InChI=1S/C16H29N3O/c1-18-8-3-5-13-11-19(9-7-15(13)18)16(20)12-4-2-6-14(17)10-12/h12-15H,2-11,17H2,1H3. The minimum absolute atomic E-state index is 0.205. The van der Waals surface area contributed by atoms with Crippen LogP contribution in [0.4, 0.5) is 0 Å². The highest BCUT2D eigenvalue weighted by molar-refractivity contribution is 5.79. The number of carbonyl (C=O) groups is 1. The van der Waals surface area contributed by atoms with Gasteiger partial charge in [0.05, 0.1) is 0 Å². The number of hydrogen-bond donors (Lipinski definition) is 1. The highest BCUT2D eigenvalue weighted by Gasteiger charge is 2.37. The zero-order chi connectivity index (χ0) is 14.1. The van der Waals surface area contributed by atoms with Crippen LogP contribution in [0.1, 0.15) is 44.9 Å². The van der Waals surface area contributed by atoms with E-state index in [4.69, 9.17) is 5.73 Å². The van der Waals surface area contributed by atoms with Crippen LogP contribution in [0.2, 0.25) is 0 Å². The van der Waals surface area contributed by atoms with E-state index in [1.807, 2.05) is 0 Å². The average molecular weight is 279 g/mol. The lowest BCUT2D eigenvalue weighted by molar-refractivity contribution is -0.140. The molecule has 3 aliphatic rings. The number of rotatable bonds is 1. The monoisotopic (exact) mass is 279 g/mol. The van der Waals surface area contributed by atoms with Gasteiger partial charge in [0.1, 0.15) is 0 Å². The molecule has 4 atom stereocenters. The first-order valence-electron chi connectivity index (χ1n) is 8.39. The Morgan fingerprint density at radius 2 is 1.95 bits per heavy atom. The maximum atomic E-state index is 12.7. The fraction of sp³-hybridized carbons (Fsp3) is 0.938. The number of likely N-dealkylation sites (tertiary alicyclic amines) is 2. The van der Waals surface area contributed by atoms with Crippen molar-refractivity contribution in [1.82, 2.24) is 9.80 Å². The zero-order valence-electron chi connectivity index (χ0n) is 12.8. The summed E-state index contributed by atoms with van der Waals surface area (Å²) in [6.45, 7) is 3.17. The Morgan fingerprint density at radius 1 is 1.10 bits per heavy atom. The van der Waals surface area contributed by atoms with Gasteiger partial charge in [-0.3, -0.25) is 4.79 Å². The van der Waals surface area contributed by atoms with Crippen LogP contribution >= 0.6 is 0 Å². The molecule has 3 fully saturated rings. The topological polar surface area (TPSA) is 49.6 Å². The first-order chi connectivity index (χ1) is 9.65. The molecule has 3 rings (SSSR count). The lowest BCUT2D eigenvalue weighted by Crippen LogP contribution is -2.55. The molecular weight excluding hydrogens is 250 g/mol. The summed E-state index contributed by atoms with van der Waals surface area (Å²) in [7, 11) is 2.24. The van der Waals surface area contributed by atoms with Gasteiger partial charge in [-0.2, -0.15) is 0 Å². The van der Waals surface area contributed by atoms with Crippen molar-refractivity contribution in [3.63, 3.8) is 0 Å². The van der Waals surface area contributed by atoms with Crippen LogP contribution in [0.25, 0.3) is 0 Å². The molecule has 20 heavy (non-hydrogen) atoms. The van der Waals surface area contributed by atoms with Crippen molar-refractivity contribution in [3.05, 3.63) is 0 Å². The minimum atomic E-state index is 0.205. The number of hydrogen-bond acceptors (Lipinski definition) is 3. The van der Waals surface area contributed by atoms with Gasteiger partial charge in [0.15, 0.2) is 0 Å². The molecule has 4 unspecified atom stereocenters. The fourth-order valence-corrected chi connectivity index (χ4v) is 4.56. The molecule has 0 bridgehead atoms. The van der Waals surface area contributed by atoms with Gasteiger partial charge in [-0.1, -0.05) is 6.42 Å². The van der Waals surface area contributed by atoms with Gasteiger partial charge >= 0.3 is 0 Å². The molecule has 1 aliphatic carbocycles. The first kappa shape index (κ1) is 14.3. The third kappa shape index (κ3) is 2.86. The smallest absolute Gasteiger partial charge is 0.225 e. The summed E-state index contributed by atoms with van der Waals surface area (Å²) >= 11 is 0. The van der Waals surface area contributed by atoms with E-state index in [-0.39, 0.29) is 12.0 Å². The van der Waals surface area contributed by atoms with Gasteiger partial charge in [-0.15, -0.1) is 0 Å². The van der Waals surface area contributed by atoms with Crippen LogP contribution in [0.5, 0.6) is 0 Å². The first-order valence-corrected chi connectivity index (χ1v) is 8.39. The zero-order valence-corrected chi connectivity index (χ0v) is 12.8. The SMILES string of the molecule is CN1CCCC2CN(C(=O)C3CCCC(N)C3)CCC21. The van der Waals surface area contributed by atoms with Gasteiger partial charge in [0, 0.05) is 31.1 Å². The normalized spacial score (nSPS) is 39.4. The Morgan fingerprint density at radius 3 is 2.75 bits per heavy atom. The summed E-state index contributed by atoms with van der Waals surface area (Å²) < 4.78 is 0. The second kappa shape index (κ2) is 6.02. The third-order valence-corrected chi connectivity index (χ3v) is 5.72. The number of nitrogens with zero attached hydrogens (tertiary/aromatic N) is 2. The van der Waals surface area contributed by atoms with Crippen molar-refractivity contribution in [2.24, 2.45) is 17.6 Å². The molecule has 2 aliphatic heterocycles. The van der Waals surface area contributed by atoms with Crippen LogP contribution in [0, 0.1) is 11.8 Å². The van der Waals surface area contributed by atoms with E-state index in [9.17, 15) is 4.79 Å². The summed E-state index contributed by atoms with van der Waals surface area (Å²) in [5, 5.41) is 0. The van der Waals surface area contributed by atoms with Gasteiger partial charge in [0.25, 0.3) is 0 Å². The molecule has 0 aromatic rings. The maximum absolute atomic E-state index is 12.7. The predicted octanol–water partition coefficient (Wildman–Crippen LogP) is 1.45. The van der Waals surface area contributed by atoms with Gasteiger partial charge in [-0.25, -0.2) is 0 Å². The summed E-state index contributed by atoms with van der Waals surface area (Å²) in [5.74, 6) is 1.30. The molecule has 0 aromatic heterocycles. The van der Waals surface area contributed by atoms with Crippen LogP contribution in [0.15, 0.2) is 0 Å². The van der Waals surface area contributed by atoms with Crippen molar-refractivity contribution in [2.75, 3.05) is 26.7 Å². The Balaban J connectivity index is 1.59. The highest BCUT2D eigenvalue weighted by atomic mass is 16.2.